The van der Waals surface area contributed by atoms with Crippen LogP contribution >= 0.6 is 12.4 Å². The molecule has 1 aliphatic rings. The van der Waals surface area contributed by atoms with E-state index in [-0.39, 0.29) is 12.4 Å². The number of nitrogens with zero attached hydrogens (tertiary/aromatic N) is 5. The Morgan fingerprint density at radius 3 is 2.17 bits per heavy atom. The normalized spacial score (nSPS) is 14.4. The molecule has 3 aromatic carbocycles. The van der Waals surface area contributed by atoms with Gasteiger partial charge in [0.2, 0.25) is 0 Å². The van der Waals surface area contributed by atoms with Gasteiger partial charge >= 0.3 is 0 Å². The zero-order valence-corrected chi connectivity index (χ0v) is 22.0. The highest BCUT2D eigenvalue weighted by molar-refractivity contribution is 5.87. The van der Waals surface area contributed by atoms with Crippen molar-refractivity contribution in [2.45, 2.75) is 6.92 Å². The molecule has 2 aromatic heterocycles. The molecular formula is C28H32ClN7. The number of H-pyrrole nitrogens is 2. The van der Waals surface area contributed by atoms with Crippen LogP contribution in [0.2, 0.25) is 0 Å². The van der Waals surface area contributed by atoms with E-state index in [1.807, 2.05) is 0 Å². The Morgan fingerprint density at radius 2 is 1.44 bits per heavy atom. The van der Waals surface area contributed by atoms with Crippen LogP contribution in [0.3, 0.4) is 0 Å². The van der Waals surface area contributed by atoms with Gasteiger partial charge in [0.05, 0.1) is 22.1 Å². The predicted molar refractivity (Wildman–Crippen MR) is 153 cm³/mol. The Morgan fingerprint density at radius 1 is 0.778 bits per heavy atom. The average molecular weight is 502 g/mol. The van der Waals surface area contributed by atoms with Crippen molar-refractivity contribution in [3.05, 3.63) is 60.2 Å². The van der Waals surface area contributed by atoms with Gasteiger partial charge in [-0.05, 0) is 74.1 Å². The van der Waals surface area contributed by atoms with E-state index in [2.05, 4.69) is 107 Å². The average Bonchev–Trinajstić information content (AvgIpc) is 3.47. The van der Waals surface area contributed by atoms with Crippen molar-refractivity contribution in [1.29, 1.82) is 0 Å². The Labute approximate surface area is 217 Å². The maximum Gasteiger partial charge on any atom is 0.138 e. The van der Waals surface area contributed by atoms with Gasteiger partial charge in [0.25, 0.3) is 0 Å². The van der Waals surface area contributed by atoms with Crippen molar-refractivity contribution in [3.63, 3.8) is 0 Å². The lowest BCUT2D eigenvalue weighted by Gasteiger charge is -2.34. The fraction of sp³-hybridized carbons (Fsp3) is 0.286. The number of benzene rings is 3. The summed E-state index contributed by atoms with van der Waals surface area (Å²) in [6.45, 7) is 6.43. The molecule has 7 nitrogen and oxygen atoms in total. The van der Waals surface area contributed by atoms with Crippen molar-refractivity contribution in [1.82, 2.24) is 24.8 Å². The van der Waals surface area contributed by atoms with E-state index < -0.39 is 0 Å². The summed E-state index contributed by atoms with van der Waals surface area (Å²) >= 11 is 0. The number of likely N-dealkylation sites (N-methyl/N-ethyl adjacent to an activating group) is 1. The summed E-state index contributed by atoms with van der Waals surface area (Å²) in [5, 5.41) is 0. The third-order valence-corrected chi connectivity index (χ3v) is 7.07. The molecule has 0 amide bonds. The molecule has 6 rings (SSSR count). The third-order valence-electron chi connectivity index (χ3n) is 7.07. The van der Waals surface area contributed by atoms with Gasteiger partial charge in [-0.25, -0.2) is 9.97 Å². The summed E-state index contributed by atoms with van der Waals surface area (Å²) in [6, 6.07) is 19.3. The van der Waals surface area contributed by atoms with E-state index in [9.17, 15) is 0 Å². The first-order chi connectivity index (χ1) is 16.9. The highest BCUT2D eigenvalue weighted by Gasteiger charge is 2.16. The highest BCUT2D eigenvalue weighted by Crippen LogP contribution is 2.30. The number of rotatable bonds is 4. The van der Waals surface area contributed by atoms with Gasteiger partial charge in [-0.15, -0.1) is 12.4 Å². The van der Waals surface area contributed by atoms with E-state index >= 15 is 0 Å². The van der Waals surface area contributed by atoms with Crippen molar-refractivity contribution in [2.75, 3.05) is 57.1 Å². The second kappa shape index (κ2) is 9.48. The Bertz CT molecular complexity index is 1530. The number of aryl methyl sites for hydroxylation is 1. The first kappa shape index (κ1) is 24.2. The predicted octanol–water partition coefficient (Wildman–Crippen LogP) is 5.32. The minimum Gasteiger partial charge on any atom is -0.378 e. The summed E-state index contributed by atoms with van der Waals surface area (Å²) in [5.74, 6) is 1.77. The van der Waals surface area contributed by atoms with Crippen LogP contribution in [0.15, 0.2) is 54.6 Å². The maximum atomic E-state index is 4.87. The number of fused-ring (bicyclic) bond motifs is 2. The standard InChI is InChI=1S/C28H31N7.ClH/c1-18-15-20(33(2)3)6-8-22(18)28-30-23-9-5-19(16-25(23)32-28)27-29-24-10-7-21(17-26(24)31-27)35-13-11-34(4)12-14-35;/h5-10,15-17H,11-14H2,1-4H3,(H,29,31)(H,30,32);1H. The van der Waals surface area contributed by atoms with Gasteiger partial charge in [0.1, 0.15) is 11.6 Å². The number of aromatic amines is 2. The summed E-state index contributed by atoms with van der Waals surface area (Å²) in [6.07, 6.45) is 0. The largest absolute Gasteiger partial charge is 0.378 e. The number of nitrogens with one attached hydrogen (secondary N) is 2. The van der Waals surface area contributed by atoms with Crippen LogP contribution in [-0.2, 0) is 0 Å². The van der Waals surface area contributed by atoms with Gasteiger partial charge < -0.3 is 24.7 Å². The lowest BCUT2D eigenvalue weighted by molar-refractivity contribution is 0.313. The van der Waals surface area contributed by atoms with E-state index in [1.165, 1.54) is 16.9 Å². The van der Waals surface area contributed by atoms with Crippen LogP contribution in [0.5, 0.6) is 0 Å². The monoisotopic (exact) mass is 501 g/mol. The summed E-state index contributed by atoms with van der Waals surface area (Å²) in [7, 11) is 6.30. The van der Waals surface area contributed by atoms with Gasteiger partial charge in [-0.3, -0.25) is 0 Å². The van der Waals surface area contributed by atoms with Crippen LogP contribution < -0.4 is 9.80 Å². The van der Waals surface area contributed by atoms with Crippen molar-refractivity contribution in [2.24, 2.45) is 0 Å². The van der Waals surface area contributed by atoms with E-state index in [0.29, 0.717) is 0 Å². The molecule has 0 atom stereocenters. The molecule has 0 saturated carbocycles. The van der Waals surface area contributed by atoms with Crippen molar-refractivity contribution < 1.29 is 0 Å². The number of piperazine rings is 1. The Balaban J connectivity index is 0.00000267. The minimum absolute atomic E-state index is 0. The zero-order valence-electron chi connectivity index (χ0n) is 21.2. The highest BCUT2D eigenvalue weighted by atomic mass is 35.5. The molecule has 0 unspecified atom stereocenters. The fourth-order valence-electron chi connectivity index (χ4n) is 4.87. The van der Waals surface area contributed by atoms with Gasteiger partial charge in [0, 0.05) is 62.8 Å². The Hall–Kier alpha value is -3.55. The molecular weight excluding hydrogens is 470 g/mol. The molecule has 0 aliphatic carbocycles. The van der Waals surface area contributed by atoms with Crippen LogP contribution in [0.25, 0.3) is 44.8 Å². The molecule has 0 spiro atoms. The first-order valence-electron chi connectivity index (χ1n) is 12.2. The van der Waals surface area contributed by atoms with Gasteiger partial charge in [-0.2, -0.15) is 0 Å². The number of halogens is 1. The van der Waals surface area contributed by atoms with Crippen LogP contribution in [0, 0.1) is 6.92 Å². The zero-order chi connectivity index (χ0) is 24.1. The smallest absolute Gasteiger partial charge is 0.138 e. The van der Waals surface area contributed by atoms with E-state index in [0.717, 1.165) is 71.0 Å². The van der Waals surface area contributed by atoms with Crippen molar-refractivity contribution in [3.8, 4) is 22.8 Å². The molecule has 1 aliphatic heterocycles. The molecule has 0 bridgehead atoms. The van der Waals surface area contributed by atoms with Crippen LogP contribution in [-0.4, -0.2) is 72.2 Å². The first-order valence-corrected chi connectivity index (χ1v) is 12.2. The molecule has 1 saturated heterocycles. The van der Waals surface area contributed by atoms with Crippen molar-refractivity contribution >= 4 is 45.8 Å². The lowest BCUT2D eigenvalue weighted by atomic mass is 10.1. The number of imidazole rings is 2. The second-order valence-corrected chi connectivity index (χ2v) is 9.79. The maximum absolute atomic E-state index is 4.87. The summed E-state index contributed by atoms with van der Waals surface area (Å²) in [5.41, 5.74) is 9.82. The number of hydrogen-bond donors (Lipinski definition) is 2. The lowest BCUT2D eigenvalue weighted by Crippen LogP contribution is -2.44. The van der Waals surface area contributed by atoms with Crippen LogP contribution in [0.4, 0.5) is 11.4 Å². The summed E-state index contributed by atoms with van der Waals surface area (Å²) < 4.78 is 0. The quantitative estimate of drug-likeness (QED) is 0.349. The number of aromatic nitrogens is 4. The fourth-order valence-corrected chi connectivity index (χ4v) is 4.87. The van der Waals surface area contributed by atoms with E-state index in [4.69, 9.17) is 9.97 Å². The van der Waals surface area contributed by atoms with Crippen LogP contribution in [0.1, 0.15) is 5.56 Å². The molecule has 8 heteroatoms. The summed E-state index contributed by atoms with van der Waals surface area (Å²) in [4.78, 5) is 23.7. The Kier molecular flexibility index (Phi) is 6.36. The molecule has 1 fully saturated rings. The second-order valence-electron chi connectivity index (χ2n) is 9.79. The number of hydrogen-bond acceptors (Lipinski definition) is 5. The van der Waals surface area contributed by atoms with E-state index in [1.54, 1.807) is 0 Å². The molecule has 186 valence electrons. The molecule has 2 N–H and O–H groups in total. The van der Waals surface area contributed by atoms with Gasteiger partial charge in [-0.1, -0.05) is 0 Å². The molecule has 3 heterocycles. The number of anilines is 2. The molecule has 0 radical (unpaired) electrons. The van der Waals surface area contributed by atoms with Gasteiger partial charge in [0.15, 0.2) is 0 Å². The molecule has 36 heavy (non-hydrogen) atoms. The SMILES string of the molecule is Cc1cc(N(C)C)ccc1-c1nc2ccc(-c3nc4ccc(N5CCN(C)CC5)cc4[nH]3)cc2[nH]1.Cl. The molecule has 5 aromatic rings. The minimum atomic E-state index is 0. The third kappa shape index (κ3) is 4.40. The topological polar surface area (TPSA) is 67.1 Å².